The second kappa shape index (κ2) is 3.84. The number of nitrogens with one attached hydrogen (secondary N) is 1. The van der Waals surface area contributed by atoms with E-state index in [1.165, 1.54) is 11.5 Å². The van der Waals surface area contributed by atoms with Crippen molar-refractivity contribution in [3.05, 3.63) is 24.2 Å². The maximum Gasteiger partial charge on any atom is 0.152 e. The Balaban J connectivity index is 2.18. The molecule has 0 bridgehead atoms. The van der Waals surface area contributed by atoms with Crippen LogP contribution in [0.2, 0.25) is 0 Å². The van der Waals surface area contributed by atoms with Crippen molar-refractivity contribution >= 4 is 22.6 Å². The van der Waals surface area contributed by atoms with Crippen LogP contribution < -0.4 is 0 Å². The summed E-state index contributed by atoms with van der Waals surface area (Å²) >= 11 is 1.37. The van der Waals surface area contributed by atoms with E-state index in [1.807, 2.05) is 6.07 Å². The largest absolute Gasteiger partial charge is 0.336 e. The number of fused-ring (bicyclic) bond motifs is 1. The Morgan fingerprint density at radius 1 is 1.28 bits per heavy atom. The number of H-pyrrole nitrogens is 1. The third-order valence-corrected chi connectivity index (χ3v) is 3.43. The average Bonchev–Trinajstić information content (AvgIpc) is 2.94. The van der Waals surface area contributed by atoms with E-state index in [-0.39, 0.29) is 5.41 Å². The van der Waals surface area contributed by atoms with E-state index in [2.05, 4.69) is 45.3 Å². The van der Waals surface area contributed by atoms with E-state index in [0.717, 1.165) is 27.4 Å². The van der Waals surface area contributed by atoms with E-state index < -0.39 is 0 Å². The van der Waals surface area contributed by atoms with Crippen LogP contribution in [0, 0.1) is 0 Å². The van der Waals surface area contributed by atoms with Crippen molar-refractivity contribution < 1.29 is 0 Å². The Morgan fingerprint density at radius 2 is 2.11 bits per heavy atom. The highest BCUT2D eigenvalue weighted by Crippen LogP contribution is 2.33. The highest BCUT2D eigenvalue weighted by molar-refractivity contribution is 7.09. The average molecular weight is 259 g/mol. The molecule has 0 saturated carbocycles. The van der Waals surface area contributed by atoms with Gasteiger partial charge in [-0.2, -0.15) is 0 Å². The fraction of sp³-hybridized carbons (Fsp3) is 0.333. The summed E-state index contributed by atoms with van der Waals surface area (Å²) in [6.07, 6.45) is 3.51. The molecule has 5 nitrogen and oxygen atoms in total. The predicted molar refractivity (Wildman–Crippen MR) is 71.5 cm³/mol. The molecule has 1 N–H and O–H groups in total. The maximum atomic E-state index is 4.56. The minimum Gasteiger partial charge on any atom is -0.336 e. The zero-order chi connectivity index (χ0) is 12.8. The molecular weight excluding hydrogens is 246 g/mol. The van der Waals surface area contributed by atoms with Crippen molar-refractivity contribution in [1.29, 1.82) is 0 Å². The normalized spacial score (nSPS) is 12.2. The minimum absolute atomic E-state index is 0.0421. The van der Waals surface area contributed by atoms with Crippen LogP contribution in [0.4, 0.5) is 0 Å². The summed E-state index contributed by atoms with van der Waals surface area (Å²) in [5.41, 5.74) is 2.77. The predicted octanol–water partition coefficient (Wildman–Crippen LogP) is 2.77. The van der Waals surface area contributed by atoms with Crippen molar-refractivity contribution in [3.63, 3.8) is 0 Å². The molecule has 6 heteroatoms. The molecular formula is C12H13N5S. The molecule has 0 aliphatic rings. The monoisotopic (exact) mass is 259 g/mol. The number of aromatic amines is 1. The Labute approximate surface area is 108 Å². The van der Waals surface area contributed by atoms with E-state index in [4.69, 9.17) is 0 Å². The zero-order valence-electron chi connectivity index (χ0n) is 10.4. The molecule has 0 atom stereocenters. The first-order valence-electron chi connectivity index (χ1n) is 5.68. The summed E-state index contributed by atoms with van der Waals surface area (Å²) in [5.74, 6) is 0.818. The SMILES string of the molecule is CC(C)(C)c1nnsc1-c1nc2ccncc2[nH]1. The fourth-order valence-corrected chi connectivity index (χ4v) is 2.62. The molecule has 18 heavy (non-hydrogen) atoms. The lowest BCUT2D eigenvalue weighted by atomic mass is 9.91. The lowest BCUT2D eigenvalue weighted by Gasteiger charge is -2.15. The number of nitrogens with zero attached hydrogens (tertiary/aromatic N) is 4. The molecule has 0 aliphatic carbocycles. The van der Waals surface area contributed by atoms with Crippen LogP contribution in [0.1, 0.15) is 26.5 Å². The minimum atomic E-state index is -0.0421. The van der Waals surface area contributed by atoms with Crippen LogP contribution in [0.5, 0.6) is 0 Å². The van der Waals surface area contributed by atoms with Crippen LogP contribution in [0.15, 0.2) is 18.5 Å². The third kappa shape index (κ3) is 1.78. The molecule has 0 fully saturated rings. The van der Waals surface area contributed by atoms with Gasteiger partial charge in [0.05, 0.1) is 22.9 Å². The standard InChI is InChI=1S/C12H13N5S/c1-12(2,3)10-9(18-17-16-10)11-14-7-4-5-13-6-8(7)15-11/h4-6H,1-3H3,(H,14,15). The molecule has 3 aromatic rings. The Bertz CT molecular complexity index is 659. The zero-order valence-corrected chi connectivity index (χ0v) is 11.2. The first kappa shape index (κ1) is 11.3. The molecule has 3 heterocycles. The highest BCUT2D eigenvalue weighted by Gasteiger charge is 2.24. The second-order valence-electron chi connectivity index (χ2n) is 5.18. The molecule has 0 unspecified atom stereocenters. The fourth-order valence-electron chi connectivity index (χ4n) is 1.80. The van der Waals surface area contributed by atoms with E-state index in [9.17, 15) is 0 Å². The van der Waals surface area contributed by atoms with Gasteiger partial charge in [0.1, 0.15) is 4.88 Å². The smallest absolute Gasteiger partial charge is 0.152 e. The van der Waals surface area contributed by atoms with Gasteiger partial charge < -0.3 is 4.98 Å². The van der Waals surface area contributed by atoms with Gasteiger partial charge >= 0.3 is 0 Å². The summed E-state index contributed by atoms with van der Waals surface area (Å²) in [5, 5.41) is 4.23. The summed E-state index contributed by atoms with van der Waals surface area (Å²) in [7, 11) is 0. The van der Waals surface area contributed by atoms with Gasteiger partial charge in [-0.15, -0.1) is 5.10 Å². The third-order valence-electron chi connectivity index (χ3n) is 2.70. The van der Waals surface area contributed by atoms with Crippen LogP contribution in [-0.2, 0) is 5.41 Å². The van der Waals surface area contributed by atoms with Gasteiger partial charge in [-0.05, 0) is 17.6 Å². The molecule has 0 aliphatic heterocycles. The molecule has 0 amide bonds. The van der Waals surface area contributed by atoms with Crippen molar-refractivity contribution in [2.75, 3.05) is 0 Å². The number of aromatic nitrogens is 5. The lowest BCUT2D eigenvalue weighted by Crippen LogP contribution is -2.13. The molecule has 0 saturated heterocycles. The second-order valence-corrected chi connectivity index (χ2v) is 5.93. The van der Waals surface area contributed by atoms with E-state index in [0.29, 0.717) is 0 Å². The first-order chi connectivity index (χ1) is 8.55. The van der Waals surface area contributed by atoms with Crippen molar-refractivity contribution in [2.24, 2.45) is 0 Å². The summed E-state index contributed by atoms with van der Waals surface area (Å²) < 4.78 is 4.05. The van der Waals surface area contributed by atoms with Gasteiger partial charge in [0.15, 0.2) is 5.82 Å². The Hall–Kier alpha value is -1.82. The molecule has 3 aromatic heterocycles. The van der Waals surface area contributed by atoms with Crippen molar-refractivity contribution in [1.82, 2.24) is 24.5 Å². The van der Waals surface area contributed by atoms with Crippen LogP contribution >= 0.6 is 11.5 Å². The summed E-state index contributed by atoms with van der Waals surface area (Å²) in [4.78, 5) is 12.9. The number of pyridine rings is 1. The molecule has 0 aromatic carbocycles. The van der Waals surface area contributed by atoms with Gasteiger partial charge in [-0.3, -0.25) is 4.98 Å². The van der Waals surface area contributed by atoms with E-state index >= 15 is 0 Å². The summed E-state index contributed by atoms with van der Waals surface area (Å²) in [6.45, 7) is 6.37. The van der Waals surface area contributed by atoms with Gasteiger partial charge in [0.25, 0.3) is 0 Å². The van der Waals surface area contributed by atoms with Crippen molar-refractivity contribution in [3.8, 4) is 10.7 Å². The lowest BCUT2D eigenvalue weighted by molar-refractivity contribution is 0.568. The topological polar surface area (TPSA) is 67.3 Å². The number of imidazole rings is 1. The summed E-state index contributed by atoms with van der Waals surface area (Å²) in [6, 6.07) is 1.89. The van der Waals surface area contributed by atoms with Gasteiger partial charge in [-0.1, -0.05) is 25.3 Å². The van der Waals surface area contributed by atoms with Gasteiger partial charge in [0, 0.05) is 11.6 Å². The van der Waals surface area contributed by atoms with E-state index in [1.54, 1.807) is 12.4 Å². The van der Waals surface area contributed by atoms with Gasteiger partial charge in [-0.25, -0.2) is 4.98 Å². The molecule has 0 radical (unpaired) electrons. The van der Waals surface area contributed by atoms with Crippen molar-refractivity contribution in [2.45, 2.75) is 26.2 Å². The highest BCUT2D eigenvalue weighted by atomic mass is 32.1. The Morgan fingerprint density at radius 3 is 2.83 bits per heavy atom. The quantitative estimate of drug-likeness (QED) is 0.729. The van der Waals surface area contributed by atoms with Crippen LogP contribution in [-0.4, -0.2) is 24.5 Å². The van der Waals surface area contributed by atoms with Crippen LogP contribution in [0.3, 0.4) is 0 Å². The van der Waals surface area contributed by atoms with Gasteiger partial charge in [0.2, 0.25) is 0 Å². The molecule has 3 rings (SSSR count). The van der Waals surface area contributed by atoms with Crippen LogP contribution in [0.25, 0.3) is 21.7 Å². The molecule has 0 spiro atoms. The Kier molecular flexibility index (Phi) is 2.41. The number of hydrogen-bond acceptors (Lipinski definition) is 5. The molecule has 92 valence electrons. The number of hydrogen-bond donors (Lipinski definition) is 1. The maximum absolute atomic E-state index is 4.56. The number of rotatable bonds is 1. The first-order valence-corrected chi connectivity index (χ1v) is 6.46.